The van der Waals surface area contributed by atoms with Crippen molar-refractivity contribution in [1.29, 1.82) is 0 Å². The Labute approximate surface area is 141 Å². The molecule has 2 aromatic rings. The predicted octanol–water partition coefficient (Wildman–Crippen LogP) is 4.43. The molecule has 0 amide bonds. The van der Waals surface area contributed by atoms with Crippen LogP contribution in [0.2, 0.25) is 0 Å². The van der Waals surface area contributed by atoms with Gasteiger partial charge in [0.05, 0.1) is 0 Å². The molecule has 24 heavy (non-hydrogen) atoms. The molecule has 5 rings (SSSR count). The van der Waals surface area contributed by atoms with E-state index in [4.69, 9.17) is 0 Å². The average Bonchev–Trinajstić information content (AvgIpc) is 2.70. The van der Waals surface area contributed by atoms with Crippen molar-refractivity contribution in [1.82, 2.24) is 11.0 Å². The Bertz CT molecular complexity index is 644. The van der Waals surface area contributed by atoms with Gasteiger partial charge >= 0.3 is 0 Å². The Balaban J connectivity index is 0.000000119. The van der Waals surface area contributed by atoms with Crippen LogP contribution in [0.1, 0.15) is 0 Å². The van der Waals surface area contributed by atoms with Crippen molar-refractivity contribution in [3.8, 4) is 22.3 Å². The molecule has 0 spiro atoms. The summed E-state index contributed by atoms with van der Waals surface area (Å²) in [5.74, 6) is 0. The van der Waals surface area contributed by atoms with Gasteiger partial charge in [0, 0.05) is 12.4 Å². The molecule has 0 saturated carbocycles. The molecule has 0 bridgehead atoms. The van der Waals surface area contributed by atoms with Crippen LogP contribution in [0.15, 0.2) is 97.8 Å². The first kappa shape index (κ1) is 15.5. The summed E-state index contributed by atoms with van der Waals surface area (Å²) in [6.07, 6.45) is 13.9. The van der Waals surface area contributed by atoms with Crippen molar-refractivity contribution in [3.63, 3.8) is 0 Å². The predicted molar refractivity (Wildman–Crippen MR) is 95.9 cm³/mol. The third kappa shape index (κ3) is 3.87. The van der Waals surface area contributed by atoms with Gasteiger partial charge < -0.3 is 9.68 Å². The van der Waals surface area contributed by atoms with Crippen LogP contribution in [-0.2, 0) is 9.68 Å². The Morgan fingerprint density at radius 2 is 0.875 bits per heavy atom. The van der Waals surface area contributed by atoms with E-state index in [9.17, 15) is 0 Å². The van der Waals surface area contributed by atoms with Crippen molar-refractivity contribution in [2.45, 2.75) is 0 Å². The average molecular weight is 318 g/mol. The van der Waals surface area contributed by atoms with Crippen molar-refractivity contribution >= 4 is 0 Å². The van der Waals surface area contributed by atoms with E-state index in [1.54, 1.807) is 37.1 Å². The first-order valence-electron chi connectivity index (χ1n) is 7.61. The molecule has 0 aromatic heterocycles. The summed E-state index contributed by atoms with van der Waals surface area (Å²) in [4.78, 5) is 9.10. The molecule has 2 N–H and O–H groups in total. The van der Waals surface area contributed by atoms with Gasteiger partial charge in [0.1, 0.15) is 12.5 Å². The molecule has 0 saturated heterocycles. The van der Waals surface area contributed by atoms with E-state index in [2.05, 4.69) is 69.2 Å². The third-order valence-corrected chi connectivity index (χ3v) is 3.41. The van der Waals surface area contributed by atoms with E-state index >= 15 is 0 Å². The summed E-state index contributed by atoms with van der Waals surface area (Å²) in [6, 6.07) is 17.1. The molecule has 0 fully saturated rings. The maximum atomic E-state index is 4.55. The summed E-state index contributed by atoms with van der Waals surface area (Å²) >= 11 is 0. The highest BCUT2D eigenvalue weighted by atomic mass is 16.6. The minimum absolute atomic E-state index is 1.40. The highest BCUT2D eigenvalue weighted by Gasteiger charge is 2.19. The second-order valence-electron chi connectivity index (χ2n) is 4.94. The van der Waals surface area contributed by atoms with Gasteiger partial charge in [0.25, 0.3) is 0 Å². The molecule has 3 aliphatic rings. The maximum Gasteiger partial charge on any atom is 0.119 e. The quantitative estimate of drug-likeness (QED) is 0.643. The molecule has 4 nitrogen and oxygen atoms in total. The number of rotatable bonds is 0. The zero-order chi connectivity index (χ0) is 16.5. The standard InChI is InChI=1S/C12H8.2C4H5NO/c1-2-6-10-9(5-1)11-7-3-4-8-12(10)11;2*1-2-4-6-5-3-1/h1-8H;2*1-5H. The van der Waals surface area contributed by atoms with Gasteiger partial charge in [0.2, 0.25) is 0 Å². The van der Waals surface area contributed by atoms with Crippen molar-refractivity contribution in [2.75, 3.05) is 0 Å². The van der Waals surface area contributed by atoms with Gasteiger partial charge in [-0.15, -0.1) is 0 Å². The summed E-state index contributed by atoms with van der Waals surface area (Å²) < 4.78 is 0. The lowest BCUT2D eigenvalue weighted by Gasteiger charge is -2.22. The van der Waals surface area contributed by atoms with Gasteiger partial charge in [-0.1, -0.05) is 48.5 Å². The first-order chi connectivity index (χ1) is 12.0. The lowest BCUT2D eigenvalue weighted by molar-refractivity contribution is 0.172. The number of hydrogen-bond acceptors (Lipinski definition) is 4. The minimum Gasteiger partial charge on any atom is -0.391 e. The number of benzene rings is 2. The Kier molecular flexibility index (Phi) is 5.35. The first-order valence-corrected chi connectivity index (χ1v) is 7.61. The molecular formula is C20H18N2O2. The lowest BCUT2D eigenvalue weighted by atomic mass is 9.81. The highest BCUT2D eigenvalue weighted by Crippen LogP contribution is 2.46. The van der Waals surface area contributed by atoms with E-state index in [1.807, 2.05) is 12.2 Å². The molecule has 0 unspecified atom stereocenters. The van der Waals surface area contributed by atoms with Gasteiger partial charge in [-0.2, -0.15) is 0 Å². The zero-order valence-electron chi connectivity index (χ0n) is 13.1. The monoisotopic (exact) mass is 318 g/mol. The van der Waals surface area contributed by atoms with E-state index in [0.29, 0.717) is 0 Å². The maximum absolute atomic E-state index is 4.55. The lowest BCUT2D eigenvalue weighted by Crippen LogP contribution is -2.01. The number of nitrogens with one attached hydrogen (secondary N) is 2. The van der Waals surface area contributed by atoms with Crippen LogP contribution in [0.5, 0.6) is 0 Å². The van der Waals surface area contributed by atoms with Crippen LogP contribution in [0.3, 0.4) is 0 Å². The molecule has 2 aliphatic heterocycles. The summed E-state index contributed by atoms with van der Waals surface area (Å²) in [6.45, 7) is 0. The van der Waals surface area contributed by atoms with Crippen molar-refractivity contribution < 1.29 is 9.68 Å². The summed E-state index contributed by atoms with van der Waals surface area (Å²) in [5, 5.41) is 0. The number of hydrogen-bond donors (Lipinski definition) is 2. The largest absolute Gasteiger partial charge is 0.391 e. The second kappa shape index (κ2) is 8.29. The SMILES string of the molecule is C1=CNOC=C1.C1=CNOC=C1.c1ccc2c(c1)-c1ccccc1-2. The fraction of sp³-hybridized carbons (Fsp3) is 0. The topological polar surface area (TPSA) is 42.5 Å². The highest BCUT2D eigenvalue weighted by molar-refractivity contribution is 6.02. The van der Waals surface area contributed by atoms with Gasteiger partial charge in [-0.25, -0.2) is 11.0 Å². The molecule has 0 radical (unpaired) electrons. The molecule has 120 valence electrons. The number of hydroxylamine groups is 2. The number of fused-ring (bicyclic) bond motifs is 4. The van der Waals surface area contributed by atoms with Crippen LogP contribution in [0.4, 0.5) is 0 Å². The molecular weight excluding hydrogens is 300 g/mol. The Morgan fingerprint density at radius 3 is 1.04 bits per heavy atom. The van der Waals surface area contributed by atoms with E-state index < -0.39 is 0 Å². The molecule has 1 aliphatic carbocycles. The van der Waals surface area contributed by atoms with Gasteiger partial charge in [-0.3, -0.25) is 0 Å². The third-order valence-electron chi connectivity index (χ3n) is 3.41. The summed E-state index contributed by atoms with van der Waals surface area (Å²) in [7, 11) is 0. The molecule has 2 heterocycles. The van der Waals surface area contributed by atoms with Gasteiger partial charge in [0.15, 0.2) is 0 Å². The van der Waals surface area contributed by atoms with Crippen molar-refractivity contribution in [3.05, 3.63) is 97.8 Å². The Hall–Kier alpha value is -3.40. The zero-order valence-corrected chi connectivity index (χ0v) is 13.1. The van der Waals surface area contributed by atoms with E-state index in [1.165, 1.54) is 22.3 Å². The molecule has 4 heteroatoms. The molecule has 0 atom stereocenters. The van der Waals surface area contributed by atoms with Crippen LogP contribution in [0.25, 0.3) is 22.3 Å². The summed E-state index contributed by atoms with van der Waals surface area (Å²) in [5.41, 5.74) is 10.6. The fourth-order valence-corrected chi connectivity index (χ4v) is 2.36. The fourth-order valence-electron chi connectivity index (χ4n) is 2.36. The van der Waals surface area contributed by atoms with E-state index in [0.717, 1.165) is 0 Å². The van der Waals surface area contributed by atoms with Crippen molar-refractivity contribution in [2.24, 2.45) is 0 Å². The van der Waals surface area contributed by atoms with Crippen LogP contribution in [-0.4, -0.2) is 0 Å². The van der Waals surface area contributed by atoms with Crippen LogP contribution >= 0.6 is 0 Å². The minimum atomic E-state index is 1.40. The second-order valence-corrected chi connectivity index (χ2v) is 4.94. The normalized spacial score (nSPS) is 13.7. The smallest absolute Gasteiger partial charge is 0.119 e. The van der Waals surface area contributed by atoms with Crippen LogP contribution < -0.4 is 11.0 Å². The Morgan fingerprint density at radius 1 is 0.500 bits per heavy atom. The van der Waals surface area contributed by atoms with E-state index in [-0.39, 0.29) is 0 Å². The number of allylic oxidation sites excluding steroid dienone is 4. The molecule has 2 aromatic carbocycles. The van der Waals surface area contributed by atoms with Crippen LogP contribution in [0, 0.1) is 0 Å². The van der Waals surface area contributed by atoms with Gasteiger partial charge in [-0.05, 0) is 46.6 Å².